The SMILES string of the molecule is N=C1C=NN1. The third-order valence-electron chi connectivity index (χ3n) is 0.379. The van der Waals surface area contributed by atoms with Gasteiger partial charge < -0.3 is 0 Å². The maximum Gasteiger partial charge on any atom is 0.159 e. The minimum absolute atomic E-state index is 0.394. The number of amidine groups is 1. The first-order valence-electron chi connectivity index (χ1n) is 1.27. The topological polar surface area (TPSA) is 48.2 Å². The van der Waals surface area contributed by atoms with Crippen LogP contribution in [0.3, 0.4) is 0 Å². The lowest BCUT2D eigenvalue weighted by Crippen LogP contribution is -2.27. The molecule has 0 aliphatic carbocycles. The van der Waals surface area contributed by atoms with Crippen LogP contribution < -0.4 is 5.43 Å². The predicted octanol–water partition coefficient (Wildman–Crippen LogP) is -0.447. The van der Waals surface area contributed by atoms with Crippen LogP contribution in [0.15, 0.2) is 5.10 Å². The van der Waals surface area contributed by atoms with Gasteiger partial charge in [-0.1, -0.05) is 0 Å². The summed E-state index contributed by atoms with van der Waals surface area (Å²) < 4.78 is 0. The van der Waals surface area contributed by atoms with Crippen molar-refractivity contribution in [2.45, 2.75) is 0 Å². The third kappa shape index (κ3) is 0.154. The molecule has 0 aromatic rings. The van der Waals surface area contributed by atoms with Gasteiger partial charge in [-0.3, -0.25) is 10.8 Å². The largest absolute Gasteiger partial charge is 0.282 e. The molecular formula is C2H3N3. The predicted molar refractivity (Wildman–Crippen MR) is 19.4 cm³/mol. The van der Waals surface area contributed by atoms with Crippen molar-refractivity contribution < 1.29 is 0 Å². The van der Waals surface area contributed by atoms with E-state index in [1.807, 2.05) is 0 Å². The van der Waals surface area contributed by atoms with Crippen molar-refractivity contribution in [2.75, 3.05) is 0 Å². The fourth-order valence-corrected chi connectivity index (χ4v) is 0.129. The number of nitrogens with one attached hydrogen (secondary N) is 2. The van der Waals surface area contributed by atoms with E-state index in [1.54, 1.807) is 0 Å². The molecule has 5 heavy (non-hydrogen) atoms. The van der Waals surface area contributed by atoms with Crippen molar-refractivity contribution in [2.24, 2.45) is 5.10 Å². The van der Waals surface area contributed by atoms with Crippen LogP contribution in [-0.2, 0) is 0 Å². The lowest BCUT2D eigenvalue weighted by atomic mass is 10.6. The molecule has 0 spiro atoms. The molecule has 26 valence electrons. The molecule has 3 heteroatoms. The van der Waals surface area contributed by atoms with Crippen LogP contribution in [0.25, 0.3) is 0 Å². The quantitative estimate of drug-likeness (QED) is 0.397. The summed E-state index contributed by atoms with van der Waals surface area (Å²) in [5.74, 6) is 0.394. The van der Waals surface area contributed by atoms with Gasteiger partial charge in [0.25, 0.3) is 0 Å². The zero-order chi connectivity index (χ0) is 3.70. The summed E-state index contributed by atoms with van der Waals surface area (Å²) >= 11 is 0. The van der Waals surface area contributed by atoms with E-state index in [2.05, 4.69) is 10.5 Å². The molecule has 0 saturated heterocycles. The zero-order valence-electron chi connectivity index (χ0n) is 2.52. The molecule has 0 unspecified atom stereocenters. The second-order valence-corrected chi connectivity index (χ2v) is 0.784. The number of hydrazone groups is 1. The Balaban J connectivity index is 2.71. The Bertz CT molecular complexity index is 82.9. The van der Waals surface area contributed by atoms with Gasteiger partial charge in [-0.2, -0.15) is 5.10 Å². The van der Waals surface area contributed by atoms with Gasteiger partial charge in [0.1, 0.15) is 0 Å². The molecule has 0 aromatic carbocycles. The Morgan fingerprint density at radius 3 is 2.40 bits per heavy atom. The Morgan fingerprint density at radius 1 is 2.00 bits per heavy atom. The minimum atomic E-state index is 0.394. The van der Waals surface area contributed by atoms with Crippen molar-refractivity contribution in [3.8, 4) is 0 Å². The molecule has 3 nitrogen and oxygen atoms in total. The van der Waals surface area contributed by atoms with Crippen molar-refractivity contribution >= 4 is 12.1 Å². The molecule has 0 bridgehead atoms. The van der Waals surface area contributed by atoms with E-state index in [0.717, 1.165) is 0 Å². The van der Waals surface area contributed by atoms with Crippen molar-refractivity contribution in [3.05, 3.63) is 0 Å². The molecule has 0 atom stereocenters. The molecule has 0 radical (unpaired) electrons. The van der Waals surface area contributed by atoms with Crippen LogP contribution in [0.1, 0.15) is 0 Å². The van der Waals surface area contributed by atoms with Crippen LogP contribution in [0.4, 0.5) is 0 Å². The molecule has 2 N–H and O–H groups in total. The normalized spacial score (nSPS) is 17.2. The Hall–Kier alpha value is -0.860. The molecule has 0 aromatic heterocycles. The molecule has 0 amide bonds. The molecular weight excluding hydrogens is 66.0 g/mol. The zero-order valence-corrected chi connectivity index (χ0v) is 2.52. The fourth-order valence-electron chi connectivity index (χ4n) is 0.129. The second kappa shape index (κ2) is 0.544. The lowest BCUT2D eigenvalue weighted by Gasteiger charge is -2.00. The van der Waals surface area contributed by atoms with Gasteiger partial charge in [0, 0.05) is 0 Å². The van der Waals surface area contributed by atoms with Crippen molar-refractivity contribution in [3.63, 3.8) is 0 Å². The van der Waals surface area contributed by atoms with E-state index in [9.17, 15) is 0 Å². The average molecular weight is 69.1 g/mol. The summed E-state index contributed by atoms with van der Waals surface area (Å²) in [5.41, 5.74) is 2.36. The van der Waals surface area contributed by atoms with Gasteiger partial charge in [-0.15, -0.1) is 0 Å². The van der Waals surface area contributed by atoms with E-state index in [4.69, 9.17) is 5.41 Å². The Morgan fingerprint density at radius 2 is 2.40 bits per heavy atom. The van der Waals surface area contributed by atoms with Gasteiger partial charge in [0.15, 0.2) is 5.84 Å². The first kappa shape index (κ1) is 2.38. The standard InChI is InChI=1S/C2H3N3/c3-2-1-4-5-2/h1H,(H2,3,5). The van der Waals surface area contributed by atoms with E-state index >= 15 is 0 Å². The van der Waals surface area contributed by atoms with Gasteiger partial charge in [0.05, 0.1) is 6.21 Å². The van der Waals surface area contributed by atoms with Crippen LogP contribution >= 0.6 is 0 Å². The van der Waals surface area contributed by atoms with Crippen molar-refractivity contribution in [1.82, 2.24) is 5.43 Å². The molecule has 1 aliphatic heterocycles. The van der Waals surface area contributed by atoms with Crippen LogP contribution in [0.5, 0.6) is 0 Å². The number of hydrogen-bond acceptors (Lipinski definition) is 2. The number of hydrogen-bond donors (Lipinski definition) is 2. The highest BCUT2D eigenvalue weighted by atomic mass is 15.4. The summed E-state index contributed by atoms with van der Waals surface area (Å²) in [6.07, 6.45) is 1.44. The van der Waals surface area contributed by atoms with Gasteiger partial charge in [-0.25, -0.2) is 0 Å². The van der Waals surface area contributed by atoms with Gasteiger partial charge in [-0.05, 0) is 0 Å². The summed E-state index contributed by atoms with van der Waals surface area (Å²) in [7, 11) is 0. The molecule has 0 fully saturated rings. The molecule has 0 saturated carbocycles. The Labute approximate surface area is 29.2 Å². The number of rotatable bonds is 0. The van der Waals surface area contributed by atoms with Gasteiger partial charge in [0.2, 0.25) is 0 Å². The summed E-state index contributed by atoms with van der Waals surface area (Å²) in [6, 6.07) is 0. The third-order valence-corrected chi connectivity index (χ3v) is 0.379. The first-order valence-corrected chi connectivity index (χ1v) is 1.27. The highest BCUT2D eigenvalue weighted by molar-refractivity contribution is 6.31. The second-order valence-electron chi connectivity index (χ2n) is 0.784. The molecule has 1 rings (SSSR count). The minimum Gasteiger partial charge on any atom is -0.282 e. The monoisotopic (exact) mass is 69.0 g/mol. The maximum atomic E-state index is 6.57. The van der Waals surface area contributed by atoms with Gasteiger partial charge >= 0.3 is 0 Å². The summed E-state index contributed by atoms with van der Waals surface area (Å²) in [4.78, 5) is 0. The van der Waals surface area contributed by atoms with E-state index in [1.165, 1.54) is 6.21 Å². The molecule has 1 aliphatic rings. The van der Waals surface area contributed by atoms with E-state index < -0.39 is 0 Å². The summed E-state index contributed by atoms with van der Waals surface area (Å²) in [6.45, 7) is 0. The highest BCUT2D eigenvalue weighted by Crippen LogP contribution is 1.69. The lowest BCUT2D eigenvalue weighted by molar-refractivity contribution is 0.994. The maximum absolute atomic E-state index is 6.57. The fraction of sp³-hybridized carbons (Fsp3) is 0. The van der Waals surface area contributed by atoms with Crippen LogP contribution in [0.2, 0.25) is 0 Å². The first-order chi connectivity index (χ1) is 2.39. The molecule has 1 heterocycles. The average Bonchev–Trinajstić information content (AvgIpc) is 1.30. The van der Waals surface area contributed by atoms with Crippen LogP contribution in [0, 0.1) is 5.41 Å². The van der Waals surface area contributed by atoms with E-state index in [0.29, 0.717) is 5.84 Å². The van der Waals surface area contributed by atoms with Crippen molar-refractivity contribution in [1.29, 1.82) is 5.41 Å². The smallest absolute Gasteiger partial charge is 0.159 e. The van der Waals surface area contributed by atoms with E-state index in [-0.39, 0.29) is 0 Å². The number of nitrogens with zero attached hydrogens (tertiary/aromatic N) is 1. The van der Waals surface area contributed by atoms with Crippen LogP contribution in [-0.4, -0.2) is 12.1 Å². The summed E-state index contributed by atoms with van der Waals surface area (Å²) in [5, 5.41) is 9.97. The Kier molecular flexibility index (Phi) is 0.259. The highest BCUT2D eigenvalue weighted by Gasteiger charge is 1.92.